The quantitative estimate of drug-likeness (QED) is 0.181. The highest BCUT2D eigenvalue weighted by Crippen LogP contribution is 2.47. The van der Waals surface area contributed by atoms with E-state index >= 15 is 0 Å². The van der Waals surface area contributed by atoms with Crippen LogP contribution in [0.1, 0.15) is 5.56 Å². The van der Waals surface area contributed by atoms with Crippen molar-refractivity contribution >= 4 is 55.1 Å². The van der Waals surface area contributed by atoms with Crippen molar-refractivity contribution in [3.05, 3.63) is 139 Å². The average Bonchev–Trinajstić information content (AvgIpc) is 3.05. The number of aryl methyl sites for hydroxylation is 1. The number of hydrogen-bond acceptors (Lipinski definition) is 4. The highest BCUT2D eigenvalue weighted by Gasteiger charge is 2.21. The third kappa shape index (κ3) is 5.03. The smallest absolute Gasteiger partial charge is 0.188 e. The Morgan fingerprint density at radius 1 is 0.488 bits per heavy atom. The number of para-hydroxylation sites is 2. The molecule has 0 heterocycles. The van der Waals surface area contributed by atoms with Crippen LogP contribution in [0.5, 0.6) is 5.75 Å². The number of anilines is 4. The van der Waals surface area contributed by atoms with Crippen LogP contribution < -0.4 is 15.4 Å². The van der Waals surface area contributed by atoms with Crippen LogP contribution in [0.25, 0.3) is 43.4 Å². The first-order valence-electron chi connectivity index (χ1n) is 14.5. The molecule has 0 unspecified atom stereocenters. The van der Waals surface area contributed by atoms with Gasteiger partial charge in [-0.1, -0.05) is 109 Å². The number of rotatable bonds is 8. The molecule has 7 aromatic carbocycles. The lowest BCUT2D eigenvalue weighted by Gasteiger charge is -2.23. The normalized spacial score (nSPS) is 11.2. The Balaban J connectivity index is 1.42. The molecule has 0 radical (unpaired) electrons. The van der Waals surface area contributed by atoms with E-state index in [1.807, 2.05) is 12.1 Å². The van der Waals surface area contributed by atoms with E-state index in [2.05, 4.69) is 139 Å². The van der Waals surface area contributed by atoms with Crippen molar-refractivity contribution in [2.24, 2.45) is 0 Å². The van der Waals surface area contributed by atoms with Gasteiger partial charge >= 0.3 is 0 Å². The van der Waals surface area contributed by atoms with Gasteiger partial charge in [-0.15, -0.1) is 0 Å². The summed E-state index contributed by atoms with van der Waals surface area (Å²) in [5.74, 6) is 0.750. The van der Waals surface area contributed by atoms with E-state index < -0.39 is 0 Å². The van der Waals surface area contributed by atoms with Crippen molar-refractivity contribution in [3.63, 3.8) is 0 Å². The molecule has 0 atom stereocenters. The molecule has 0 fully saturated rings. The topological polar surface area (TPSA) is 42.5 Å². The molecule has 0 saturated heterocycles. The molecule has 0 saturated carbocycles. The lowest BCUT2D eigenvalue weighted by molar-refractivity contribution is 0.0521. The van der Waals surface area contributed by atoms with E-state index in [4.69, 9.17) is 9.47 Å². The summed E-state index contributed by atoms with van der Waals surface area (Å²) in [5.41, 5.74) is 7.21. The van der Waals surface area contributed by atoms with E-state index in [1.54, 1.807) is 7.11 Å². The fourth-order valence-corrected chi connectivity index (χ4v) is 5.98. The van der Waals surface area contributed by atoms with Crippen molar-refractivity contribution in [1.82, 2.24) is 0 Å². The Hall–Kier alpha value is -5.32. The summed E-state index contributed by atoms with van der Waals surface area (Å²) in [7, 11) is 1.65. The van der Waals surface area contributed by atoms with Gasteiger partial charge in [-0.25, -0.2) is 0 Å². The molecule has 0 amide bonds. The fourth-order valence-electron chi connectivity index (χ4n) is 5.98. The van der Waals surface area contributed by atoms with Gasteiger partial charge in [0.2, 0.25) is 0 Å². The minimum Gasteiger partial charge on any atom is -0.465 e. The second kappa shape index (κ2) is 11.5. The molecule has 0 aromatic heterocycles. The summed E-state index contributed by atoms with van der Waals surface area (Å²) in [6.07, 6.45) is 0. The van der Waals surface area contributed by atoms with Crippen molar-refractivity contribution in [3.8, 4) is 16.9 Å². The van der Waals surface area contributed by atoms with Gasteiger partial charge in [0.25, 0.3) is 0 Å². The average molecular weight is 561 g/mol. The first-order valence-corrected chi connectivity index (χ1v) is 14.5. The van der Waals surface area contributed by atoms with Gasteiger partial charge < -0.3 is 20.1 Å². The summed E-state index contributed by atoms with van der Waals surface area (Å²) < 4.78 is 11.9. The number of hydrogen-bond donors (Lipinski definition) is 2. The van der Waals surface area contributed by atoms with E-state index in [0.717, 1.165) is 50.4 Å². The number of fused-ring (bicyclic) bond motifs is 3. The maximum atomic E-state index is 6.47. The molecule has 0 aliphatic rings. The van der Waals surface area contributed by atoms with Gasteiger partial charge in [0, 0.05) is 23.7 Å². The van der Waals surface area contributed by atoms with Crippen molar-refractivity contribution in [1.29, 1.82) is 0 Å². The maximum Gasteiger partial charge on any atom is 0.188 e. The molecule has 0 spiro atoms. The number of benzene rings is 7. The Labute approximate surface area is 251 Å². The molecule has 2 N–H and O–H groups in total. The van der Waals surface area contributed by atoms with Crippen LogP contribution in [-0.2, 0) is 4.74 Å². The molecule has 7 aromatic rings. The Morgan fingerprint density at radius 2 is 1.02 bits per heavy atom. The maximum absolute atomic E-state index is 6.47. The van der Waals surface area contributed by atoms with E-state index in [0.29, 0.717) is 0 Å². The SMILES string of the molecule is COCOc1c(Nc2ccccc2Nc2cccc3ccccc23)cc2ccccc2c1-c1c(C)ccc2ccccc12. The number of nitrogens with one attached hydrogen (secondary N) is 2. The molecule has 43 heavy (non-hydrogen) atoms. The third-order valence-electron chi connectivity index (χ3n) is 7.97. The standard InChI is InChI=1S/C39H32N2O2/c1-26-22-23-28-13-4-7-17-31(28)37(26)38-32-18-8-5-14-29(32)24-36(39(38)43-25-42-2)41-35-20-10-9-19-34(35)40-33-21-11-15-27-12-3-6-16-30(27)33/h3-24,40-41H,25H2,1-2H3. The van der Waals surface area contributed by atoms with Crippen LogP contribution in [-0.4, -0.2) is 13.9 Å². The molecule has 4 nitrogen and oxygen atoms in total. The van der Waals surface area contributed by atoms with E-state index in [-0.39, 0.29) is 6.79 Å². The first kappa shape index (κ1) is 26.6. The van der Waals surface area contributed by atoms with Crippen molar-refractivity contribution < 1.29 is 9.47 Å². The molecule has 7 rings (SSSR count). The zero-order valence-electron chi connectivity index (χ0n) is 24.2. The zero-order valence-corrected chi connectivity index (χ0v) is 24.2. The minimum absolute atomic E-state index is 0.125. The third-order valence-corrected chi connectivity index (χ3v) is 7.97. The van der Waals surface area contributed by atoms with E-state index in [1.165, 1.54) is 27.1 Å². The van der Waals surface area contributed by atoms with Crippen molar-refractivity contribution in [2.75, 3.05) is 24.5 Å². The fraction of sp³-hybridized carbons (Fsp3) is 0.0769. The summed E-state index contributed by atoms with van der Waals surface area (Å²) in [6, 6.07) is 46.6. The van der Waals surface area contributed by atoms with Crippen LogP contribution in [0.3, 0.4) is 0 Å². The Kier molecular flexibility index (Phi) is 7.12. The molecule has 0 bridgehead atoms. The van der Waals surface area contributed by atoms with Gasteiger partial charge in [-0.05, 0) is 69.2 Å². The Bertz CT molecular complexity index is 2100. The molecular weight excluding hydrogens is 528 g/mol. The van der Waals surface area contributed by atoms with Crippen LogP contribution in [0.4, 0.5) is 22.7 Å². The summed E-state index contributed by atoms with van der Waals surface area (Å²) >= 11 is 0. The highest BCUT2D eigenvalue weighted by molar-refractivity contribution is 6.11. The van der Waals surface area contributed by atoms with Crippen LogP contribution >= 0.6 is 0 Å². The highest BCUT2D eigenvalue weighted by atomic mass is 16.7. The van der Waals surface area contributed by atoms with Gasteiger partial charge in [-0.3, -0.25) is 0 Å². The molecule has 0 aliphatic heterocycles. The Morgan fingerprint density at radius 3 is 1.74 bits per heavy atom. The van der Waals surface area contributed by atoms with Gasteiger partial charge in [-0.2, -0.15) is 0 Å². The van der Waals surface area contributed by atoms with Crippen LogP contribution in [0.2, 0.25) is 0 Å². The lowest BCUT2D eigenvalue weighted by atomic mass is 9.89. The first-order chi connectivity index (χ1) is 21.2. The molecule has 210 valence electrons. The second-order valence-electron chi connectivity index (χ2n) is 10.7. The zero-order chi connectivity index (χ0) is 29.2. The largest absolute Gasteiger partial charge is 0.465 e. The predicted molar refractivity (Wildman–Crippen MR) is 181 cm³/mol. The van der Waals surface area contributed by atoms with Crippen molar-refractivity contribution in [2.45, 2.75) is 6.92 Å². The number of methoxy groups -OCH3 is 1. The summed E-state index contributed by atoms with van der Waals surface area (Å²) in [5, 5.41) is 14.4. The van der Waals surface area contributed by atoms with Crippen LogP contribution in [0, 0.1) is 6.92 Å². The van der Waals surface area contributed by atoms with Gasteiger partial charge in [0.1, 0.15) is 0 Å². The predicted octanol–water partition coefficient (Wildman–Crippen LogP) is 10.6. The minimum atomic E-state index is 0.125. The molecule has 4 heteroatoms. The van der Waals surface area contributed by atoms with Gasteiger partial charge in [0.15, 0.2) is 12.5 Å². The molecule has 0 aliphatic carbocycles. The van der Waals surface area contributed by atoms with E-state index in [9.17, 15) is 0 Å². The summed E-state index contributed by atoms with van der Waals surface area (Å²) in [4.78, 5) is 0. The van der Waals surface area contributed by atoms with Gasteiger partial charge in [0.05, 0.1) is 17.1 Å². The second-order valence-corrected chi connectivity index (χ2v) is 10.7. The lowest BCUT2D eigenvalue weighted by Crippen LogP contribution is -2.06. The molecular formula is C39H32N2O2. The monoisotopic (exact) mass is 560 g/mol. The number of ether oxygens (including phenoxy) is 2. The summed E-state index contributed by atoms with van der Waals surface area (Å²) in [6.45, 7) is 2.29. The van der Waals surface area contributed by atoms with Crippen LogP contribution in [0.15, 0.2) is 133 Å².